The van der Waals surface area contributed by atoms with Gasteiger partial charge in [0.2, 0.25) is 0 Å². The third-order valence-electron chi connectivity index (χ3n) is 3.35. The summed E-state index contributed by atoms with van der Waals surface area (Å²) in [6, 6.07) is 12.3. The highest BCUT2D eigenvalue weighted by atomic mass is 16.5. The summed E-state index contributed by atoms with van der Waals surface area (Å²) in [5.74, 6) is 1.91. The lowest BCUT2D eigenvalue weighted by atomic mass is 10.1. The Balaban J connectivity index is 2.21. The van der Waals surface area contributed by atoms with Crippen molar-refractivity contribution < 1.29 is 9.47 Å². The lowest BCUT2D eigenvalue weighted by Crippen LogP contribution is -1.99. The number of hydrogen-bond acceptors (Lipinski definition) is 2. The minimum absolute atomic E-state index is 0.774. The molecule has 0 unspecified atom stereocenters. The number of benzene rings is 2. The van der Waals surface area contributed by atoms with Crippen LogP contribution in [0.4, 0.5) is 0 Å². The zero-order valence-electron chi connectivity index (χ0n) is 12.5. The van der Waals surface area contributed by atoms with E-state index in [1.807, 2.05) is 24.3 Å². The summed E-state index contributed by atoms with van der Waals surface area (Å²) in [5.41, 5.74) is 0. The number of fused-ring (bicyclic) bond motifs is 1. The summed E-state index contributed by atoms with van der Waals surface area (Å²) in [4.78, 5) is 0. The van der Waals surface area contributed by atoms with E-state index in [9.17, 15) is 0 Å². The number of ether oxygens (including phenoxy) is 2. The van der Waals surface area contributed by atoms with Crippen LogP contribution in [-0.2, 0) is 0 Å². The van der Waals surface area contributed by atoms with E-state index >= 15 is 0 Å². The summed E-state index contributed by atoms with van der Waals surface area (Å²) in [5, 5.41) is 2.27. The average Bonchev–Trinajstić information content (AvgIpc) is 2.48. The van der Waals surface area contributed by atoms with Crippen molar-refractivity contribution in [3.63, 3.8) is 0 Å². The van der Waals surface area contributed by atoms with E-state index in [2.05, 4.69) is 26.0 Å². The van der Waals surface area contributed by atoms with Crippen LogP contribution in [0.25, 0.3) is 10.8 Å². The van der Waals surface area contributed by atoms with Crippen LogP contribution in [0.5, 0.6) is 11.5 Å². The molecule has 2 aromatic rings. The Morgan fingerprint density at radius 2 is 1.15 bits per heavy atom. The first-order valence-corrected chi connectivity index (χ1v) is 7.64. The molecule has 2 aromatic carbocycles. The first kappa shape index (κ1) is 14.7. The van der Waals surface area contributed by atoms with Crippen molar-refractivity contribution in [2.75, 3.05) is 13.2 Å². The summed E-state index contributed by atoms with van der Waals surface area (Å²) in [6.45, 7) is 5.89. The monoisotopic (exact) mass is 272 g/mol. The molecule has 0 N–H and O–H groups in total. The van der Waals surface area contributed by atoms with E-state index in [1.165, 1.54) is 0 Å². The van der Waals surface area contributed by atoms with E-state index < -0.39 is 0 Å². The Hall–Kier alpha value is -1.70. The third-order valence-corrected chi connectivity index (χ3v) is 3.35. The molecule has 0 atom stereocenters. The molecule has 0 heterocycles. The second kappa shape index (κ2) is 7.78. The Morgan fingerprint density at radius 3 is 1.55 bits per heavy atom. The van der Waals surface area contributed by atoms with E-state index in [0.717, 1.165) is 61.2 Å². The number of rotatable bonds is 8. The van der Waals surface area contributed by atoms with Gasteiger partial charge in [0.1, 0.15) is 11.5 Å². The normalized spacial score (nSPS) is 10.7. The van der Waals surface area contributed by atoms with Crippen molar-refractivity contribution >= 4 is 10.8 Å². The minimum atomic E-state index is 0.774. The van der Waals surface area contributed by atoms with Crippen LogP contribution in [0.3, 0.4) is 0 Å². The van der Waals surface area contributed by atoms with Gasteiger partial charge in [0.15, 0.2) is 0 Å². The standard InChI is InChI=1S/C18H24O2/c1-3-5-13-19-17-11-7-10-16-15(17)9-8-12-18(16)20-14-6-4-2/h7-12H,3-6,13-14H2,1-2H3. The topological polar surface area (TPSA) is 18.5 Å². The molecule has 0 aliphatic heterocycles. The van der Waals surface area contributed by atoms with Gasteiger partial charge in [0.25, 0.3) is 0 Å². The van der Waals surface area contributed by atoms with Gasteiger partial charge < -0.3 is 9.47 Å². The van der Waals surface area contributed by atoms with Crippen LogP contribution in [0.2, 0.25) is 0 Å². The van der Waals surface area contributed by atoms with E-state index in [1.54, 1.807) is 0 Å². The number of hydrogen-bond donors (Lipinski definition) is 0. The molecule has 0 amide bonds. The Kier molecular flexibility index (Phi) is 5.72. The maximum absolute atomic E-state index is 5.88. The Labute approximate surface area is 121 Å². The molecular formula is C18H24O2. The molecular weight excluding hydrogens is 248 g/mol. The lowest BCUT2D eigenvalue weighted by Gasteiger charge is -2.12. The van der Waals surface area contributed by atoms with E-state index in [0.29, 0.717) is 0 Å². The summed E-state index contributed by atoms with van der Waals surface area (Å²) < 4.78 is 11.8. The summed E-state index contributed by atoms with van der Waals surface area (Å²) in [7, 11) is 0. The SMILES string of the molecule is CCCCOc1cccc2c(OCCCC)cccc12. The van der Waals surface area contributed by atoms with Gasteiger partial charge in [-0.1, -0.05) is 51.0 Å². The largest absolute Gasteiger partial charge is 0.493 e. The summed E-state index contributed by atoms with van der Waals surface area (Å²) >= 11 is 0. The van der Waals surface area contributed by atoms with Crippen LogP contribution >= 0.6 is 0 Å². The minimum Gasteiger partial charge on any atom is -0.493 e. The van der Waals surface area contributed by atoms with Crippen molar-refractivity contribution in [2.45, 2.75) is 39.5 Å². The van der Waals surface area contributed by atoms with Crippen LogP contribution < -0.4 is 9.47 Å². The second-order valence-electron chi connectivity index (χ2n) is 5.01. The molecule has 0 bridgehead atoms. The molecule has 0 radical (unpaired) electrons. The molecule has 2 nitrogen and oxygen atoms in total. The molecule has 20 heavy (non-hydrogen) atoms. The smallest absolute Gasteiger partial charge is 0.127 e. The van der Waals surface area contributed by atoms with Gasteiger partial charge in [-0.3, -0.25) is 0 Å². The highest BCUT2D eigenvalue weighted by Gasteiger charge is 2.06. The van der Waals surface area contributed by atoms with Crippen molar-refractivity contribution in [1.29, 1.82) is 0 Å². The van der Waals surface area contributed by atoms with Gasteiger partial charge in [-0.05, 0) is 25.0 Å². The highest BCUT2D eigenvalue weighted by Crippen LogP contribution is 2.32. The molecule has 2 rings (SSSR count). The van der Waals surface area contributed by atoms with Crippen molar-refractivity contribution in [3.05, 3.63) is 36.4 Å². The average molecular weight is 272 g/mol. The van der Waals surface area contributed by atoms with Gasteiger partial charge in [-0.2, -0.15) is 0 Å². The van der Waals surface area contributed by atoms with Crippen LogP contribution in [0.1, 0.15) is 39.5 Å². The second-order valence-corrected chi connectivity index (χ2v) is 5.01. The first-order chi connectivity index (χ1) is 9.86. The van der Waals surface area contributed by atoms with Crippen LogP contribution in [0, 0.1) is 0 Å². The molecule has 2 heteroatoms. The van der Waals surface area contributed by atoms with Gasteiger partial charge in [-0.25, -0.2) is 0 Å². The molecule has 0 saturated carbocycles. The molecule has 0 fully saturated rings. The number of unbranched alkanes of at least 4 members (excludes halogenated alkanes) is 2. The quantitative estimate of drug-likeness (QED) is 0.615. The maximum Gasteiger partial charge on any atom is 0.127 e. The Bertz CT molecular complexity index is 485. The molecule has 0 saturated heterocycles. The van der Waals surface area contributed by atoms with Crippen LogP contribution in [-0.4, -0.2) is 13.2 Å². The molecule has 0 aliphatic rings. The first-order valence-electron chi connectivity index (χ1n) is 7.64. The summed E-state index contributed by atoms with van der Waals surface area (Å²) in [6.07, 6.45) is 4.47. The fourth-order valence-electron chi connectivity index (χ4n) is 2.16. The zero-order valence-corrected chi connectivity index (χ0v) is 12.5. The molecule has 0 spiro atoms. The fraction of sp³-hybridized carbons (Fsp3) is 0.444. The van der Waals surface area contributed by atoms with Crippen molar-refractivity contribution in [1.82, 2.24) is 0 Å². The predicted octanol–water partition coefficient (Wildman–Crippen LogP) is 5.20. The molecule has 0 aromatic heterocycles. The Morgan fingerprint density at radius 1 is 0.700 bits per heavy atom. The van der Waals surface area contributed by atoms with Gasteiger partial charge >= 0.3 is 0 Å². The highest BCUT2D eigenvalue weighted by molar-refractivity contribution is 5.93. The van der Waals surface area contributed by atoms with Crippen LogP contribution in [0.15, 0.2) is 36.4 Å². The van der Waals surface area contributed by atoms with Crippen molar-refractivity contribution in [3.8, 4) is 11.5 Å². The zero-order chi connectivity index (χ0) is 14.2. The molecule has 0 aliphatic carbocycles. The lowest BCUT2D eigenvalue weighted by molar-refractivity contribution is 0.310. The van der Waals surface area contributed by atoms with Crippen molar-refractivity contribution in [2.24, 2.45) is 0 Å². The van der Waals surface area contributed by atoms with E-state index in [-0.39, 0.29) is 0 Å². The van der Waals surface area contributed by atoms with E-state index in [4.69, 9.17) is 9.47 Å². The maximum atomic E-state index is 5.88. The molecule has 108 valence electrons. The van der Waals surface area contributed by atoms with Gasteiger partial charge in [-0.15, -0.1) is 0 Å². The van der Waals surface area contributed by atoms with Gasteiger partial charge in [0.05, 0.1) is 13.2 Å². The third kappa shape index (κ3) is 3.66. The fourth-order valence-corrected chi connectivity index (χ4v) is 2.16. The van der Waals surface area contributed by atoms with Gasteiger partial charge in [0, 0.05) is 10.8 Å². The predicted molar refractivity (Wildman–Crippen MR) is 84.8 cm³/mol.